The molecule has 0 radical (unpaired) electrons. The van der Waals surface area contributed by atoms with Crippen LogP contribution in [-0.4, -0.2) is 78.8 Å². The zero-order valence-electron chi connectivity index (χ0n) is 29.9. The van der Waals surface area contributed by atoms with Gasteiger partial charge < -0.3 is 24.4 Å². The number of methoxy groups -OCH3 is 1. The molecule has 1 amide bonds. The summed E-state index contributed by atoms with van der Waals surface area (Å²) in [5.41, 5.74) is 3.64. The third-order valence-electron chi connectivity index (χ3n) is 8.81. The van der Waals surface area contributed by atoms with Crippen molar-refractivity contribution in [2.45, 2.75) is 53.4 Å². The van der Waals surface area contributed by atoms with E-state index in [0.717, 1.165) is 81.6 Å². The first-order valence-corrected chi connectivity index (χ1v) is 17.5. The van der Waals surface area contributed by atoms with E-state index in [1.54, 1.807) is 25.3 Å². The monoisotopic (exact) mass is 684 g/mol. The first-order valence-electron chi connectivity index (χ1n) is 17.5. The van der Waals surface area contributed by atoms with Crippen molar-refractivity contribution in [3.63, 3.8) is 0 Å². The number of hydrogen-bond donors (Lipinski definition) is 1. The van der Waals surface area contributed by atoms with Gasteiger partial charge in [0.2, 0.25) is 5.95 Å². The van der Waals surface area contributed by atoms with Crippen LogP contribution >= 0.6 is 0 Å². The molecule has 1 aliphatic rings. The van der Waals surface area contributed by atoms with Crippen molar-refractivity contribution in [2.24, 2.45) is 0 Å². The Bertz CT molecular complexity index is 1710. The van der Waals surface area contributed by atoms with E-state index in [0.29, 0.717) is 29.5 Å². The minimum atomic E-state index is -0.665. The molecule has 0 spiro atoms. The zero-order chi connectivity index (χ0) is 35.5. The average Bonchev–Trinajstić information content (AvgIpc) is 3.11. The summed E-state index contributed by atoms with van der Waals surface area (Å²) in [6.45, 7) is 14.5. The van der Waals surface area contributed by atoms with E-state index in [4.69, 9.17) is 14.2 Å². The van der Waals surface area contributed by atoms with Gasteiger partial charge in [-0.1, -0.05) is 44.5 Å². The molecule has 10 nitrogen and oxygen atoms in total. The van der Waals surface area contributed by atoms with Gasteiger partial charge in [-0.05, 0) is 80.6 Å². The molecule has 0 atom stereocenters. The first kappa shape index (κ1) is 36.5. The van der Waals surface area contributed by atoms with Crippen LogP contribution in [0.15, 0.2) is 66.9 Å². The number of piperazine rings is 1. The Hall–Kier alpha value is -4.74. The van der Waals surface area contributed by atoms with Crippen molar-refractivity contribution in [1.82, 2.24) is 19.8 Å². The van der Waals surface area contributed by atoms with Crippen molar-refractivity contribution in [2.75, 3.05) is 63.2 Å². The average molecular weight is 685 g/mol. The van der Waals surface area contributed by atoms with Crippen LogP contribution < -0.4 is 24.4 Å². The molecule has 266 valence electrons. The normalized spacial score (nSPS) is 13.6. The minimum absolute atomic E-state index is 0.168. The van der Waals surface area contributed by atoms with Gasteiger partial charge in [0.25, 0.3) is 0 Å². The maximum atomic E-state index is 15.1. The number of aryl methyl sites for hydroxylation is 3. The molecule has 1 N–H and O–H groups in total. The van der Waals surface area contributed by atoms with Crippen molar-refractivity contribution in [3.05, 3.63) is 89.4 Å². The number of hydrogen-bond acceptors (Lipinski definition) is 9. The second kappa shape index (κ2) is 17.8. The SMILES string of the molecule is CCCCc1ccc(N(C(=O)Oc2c(C)cccc2C)c2ccnc(Nc3ccc(OCCN4CCN(CCC)CC4)c(F)c3)n2)c(OC)c1. The summed E-state index contributed by atoms with van der Waals surface area (Å²) in [5, 5.41) is 3.07. The lowest BCUT2D eigenvalue weighted by atomic mass is 10.1. The molecule has 0 bridgehead atoms. The number of carbonyl (C=O) groups is 1. The van der Waals surface area contributed by atoms with Gasteiger partial charge in [0.15, 0.2) is 11.6 Å². The van der Waals surface area contributed by atoms with Gasteiger partial charge in [-0.3, -0.25) is 4.90 Å². The molecule has 1 aromatic heterocycles. The Morgan fingerprint density at radius 3 is 2.34 bits per heavy atom. The number of aromatic nitrogens is 2. The van der Waals surface area contributed by atoms with Gasteiger partial charge in [0, 0.05) is 56.7 Å². The largest absolute Gasteiger partial charge is 0.495 e. The van der Waals surface area contributed by atoms with Gasteiger partial charge in [-0.2, -0.15) is 4.98 Å². The van der Waals surface area contributed by atoms with Gasteiger partial charge >= 0.3 is 6.09 Å². The van der Waals surface area contributed by atoms with E-state index in [9.17, 15) is 4.79 Å². The summed E-state index contributed by atoms with van der Waals surface area (Å²) in [6, 6.07) is 17.7. The first-order chi connectivity index (χ1) is 24.3. The van der Waals surface area contributed by atoms with Crippen LogP contribution in [0, 0.1) is 19.7 Å². The zero-order valence-corrected chi connectivity index (χ0v) is 29.9. The summed E-state index contributed by atoms with van der Waals surface area (Å²) in [4.78, 5) is 29.2. The summed E-state index contributed by atoms with van der Waals surface area (Å²) in [5.74, 6) is 1.08. The highest BCUT2D eigenvalue weighted by molar-refractivity contribution is 5.98. The highest BCUT2D eigenvalue weighted by Gasteiger charge is 2.27. The quantitative estimate of drug-likeness (QED) is 0.133. The molecule has 4 aromatic rings. The highest BCUT2D eigenvalue weighted by Crippen LogP contribution is 2.36. The standard InChI is InChI=1S/C39H49FN6O4/c1-6-8-12-30-13-15-33(35(26-30)48-5)46(39(47)50-37-28(3)10-9-11-29(37)4)36-17-18-41-38(43-36)42-31-14-16-34(32(40)27-31)49-25-24-45-22-20-44(19-7-2)21-23-45/h9-11,13-18,26-27H,6-8,12,19-25H2,1-5H3,(H,41,42,43). The van der Waals surface area contributed by atoms with E-state index in [-0.39, 0.29) is 17.5 Å². The fourth-order valence-corrected chi connectivity index (χ4v) is 6.05. The molecule has 2 heterocycles. The molecule has 1 aliphatic heterocycles. The van der Waals surface area contributed by atoms with E-state index in [1.165, 1.54) is 17.2 Å². The van der Waals surface area contributed by atoms with Crippen molar-refractivity contribution in [3.8, 4) is 17.2 Å². The number of carbonyl (C=O) groups excluding carboxylic acids is 1. The lowest BCUT2D eigenvalue weighted by Crippen LogP contribution is -2.47. The summed E-state index contributed by atoms with van der Waals surface area (Å²) in [7, 11) is 1.57. The maximum Gasteiger partial charge on any atom is 0.425 e. The fraction of sp³-hybridized carbons (Fsp3) is 0.410. The minimum Gasteiger partial charge on any atom is -0.495 e. The molecule has 5 rings (SSSR count). The van der Waals surface area contributed by atoms with Crippen molar-refractivity contribution >= 4 is 29.2 Å². The van der Waals surface area contributed by atoms with Crippen molar-refractivity contribution < 1.29 is 23.4 Å². The predicted molar refractivity (Wildman–Crippen MR) is 196 cm³/mol. The fourth-order valence-electron chi connectivity index (χ4n) is 6.05. The second-order valence-corrected chi connectivity index (χ2v) is 12.6. The van der Waals surface area contributed by atoms with Crippen LogP contribution in [0.1, 0.15) is 49.8 Å². The van der Waals surface area contributed by atoms with Gasteiger partial charge in [-0.25, -0.2) is 19.1 Å². The van der Waals surface area contributed by atoms with Crippen molar-refractivity contribution in [1.29, 1.82) is 0 Å². The highest BCUT2D eigenvalue weighted by atomic mass is 19.1. The molecule has 50 heavy (non-hydrogen) atoms. The number of anilines is 4. The third kappa shape index (κ3) is 9.48. The van der Waals surface area contributed by atoms with Crippen LogP contribution in [0.4, 0.5) is 32.3 Å². The summed E-state index contributed by atoms with van der Waals surface area (Å²) >= 11 is 0. The number of unbranched alkanes of at least 4 members (excludes halogenated alkanes) is 1. The number of halogens is 1. The lowest BCUT2D eigenvalue weighted by molar-refractivity contribution is 0.116. The topological polar surface area (TPSA) is 92.3 Å². The predicted octanol–water partition coefficient (Wildman–Crippen LogP) is 8.07. The maximum absolute atomic E-state index is 15.1. The number of benzene rings is 3. The van der Waals surface area contributed by atoms with Crippen LogP contribution in [0.5, 0.6) is 17.2 Å². The smallest absolute Gasteiger partial charge is 0.425 e. The Morgan fingerprint density at radius 2 is 1.66 bits per heavy atom. The third-order valence-corrected chi connectivity index (χ3v) is 8.81. The molecular weight excluding hydrogens is 635 g/mol. The molecule has 0 aliphatic carbocycles. The molecule has 0 saturated carbocycles. The molecule has 0 unspecified atom stereocenters. The van der Waals surface area contributed by atoms with E-state index >= 15 is 4.39 Å². The number of amides is 1. The number of nitrogens with zero attached hydrogens (tertiary/aromatic N) is 5. The number of ether oxygens (including phenoxy) is 3. The van der Waals surface area contributed by atoms with Crippen LogP contribution in [0.3, 0.4) is 0 Å². The molecule has 1 fully saturated rings. The number of nitrogens with one attached hydrogen (secondary N) is 1. The Morgan fingerprint density at radius 1 is 0.920 bits per heavy atom. The van der Waals surface area contributed by atoms with E-state index in [2.05, 4.69) is 38.9 Å². The van der Waals surface area contributed by atoms with Crippen LogP contribution in [0.2, 0.25) is 0 Å². The molecule has 3 aromatic carbocycles. The van der Waals surface area contributed by atoms with Crippen LogP contribution in [0.25, 0.3) is 0 Å². The number of rotatable bonds is 15. The molecule has 1 saturated heterocycles. The van der Waals surface area contributed by atoms with Crippen LogP contribution in [-0.2, 0) is 6.42 Å². The van der Waals surface area contributed by atoms with E-state index in [1.807, 2.05) is 50.2 Å². The summed E-state index contributed by atoms with van der Waals surface area (Å²) in [6.07, 6.45) is 5.01. The molecule has 11 heteroatoms. The molecular formula is C39H49FN6O4. The van der Waals surface area contributed by atoms with E-state index < -0.39 is 11.9 Å². The summed E-state index contributed by atoms with van der Waals surface area (Å²) < 4.78 is 32.7. The lowest BCUT2D eigenvalue weighted by Gasteiger charge is -2.34. The Kier molecular flexibility index (Phi) is 13.0. The van der Waals surface area contributed by atoms with Gasteiger partial charge in [0.05, 0.1) is 12.8 Å². The Labute approximate surface area is 295 Å². The van der Waals surface area contributed by atoms with Gasteiger partial charge in [0.1, 0.15) is 23.9 Å². The van der Waals surface area contributed by atoms with Gasteiger partial charge in [-0.15, -0.1) is 0 Å². The second-order valence-electron chi connectivity index (χ2n) is 12.6. The number of para-hydroxylation sites is 1. The Balaban J connectivity index is 1.33.